The van der Waals surface area contributed by atoms with Gasteiger partial charge in [0.1, 0.15) is 0 Å². The van der Waals surface area contributed by atoms with Crippen molar-refractivity contribution in [1.29, 1.82) is 0 Å². The summed E-state index contributed by atoms with van der Waals surface area (Å²) in [5, 5.41) is 2.69. The lowest BCUT2D eigenvalue weighted by atomic mass is 10.1. The molecule has 2 nitrogen and oxygen atoms in total. The van der Waals surface area contributed by atoms with Crippen molar-refractivity contribution in [3.8, 4) is 0 Å². The number of pyridine rings is 1. The summed E-state index contributed by atoms with van der Waals surface area (Å²) in [7, 11) is 0. The van der Waals surface area contributed by atoms with Gasteiger partial charge in [-0.3, -0.25) is 4.79 Å². The molecule has 0 N–H and O–H groups in total. The molecular formula is C18H18BrNO. The van der Waals surface area contributed by atoms with Crippen molar-refractivity contribution < 1.29 is 0 Å². The Hall–Kier alpha value is -1.61. The van der Waals surface area contributed by atoms with Gasteiger partial charge in [0.05, 0.1) is 11.0 Å². The highest BCUT2D eigenvalue weighted by atomic mass is 79.9. The normalized spacial score (nSPS) is 11.3. The fourth-order valence-corrected chi connectivity index (χ4v) is 3.26. The van der Waals surface area contributed by atoms with Gasteiger partial charge in [-0.25, -0.2) is 0 Å². The molecule has 0 amide bonds. The molecule has 1 heterocycles. The highest BCUT2D eigenvalue weighted by Crippen LogP contribution is 2.20. The van der Waals surface area contributed by atoms with Crippen LogP contribution in [-0.2, 0) is 6.54 Å². The van der Waals surface area contributed by atoms with Gasteiger partial charge in [-0.05, 0) is 37.1 Å². The maximum Gasteiger partial charge on any atom is 0.197 e. The SMILES string of the molecule is O=c1c2ccccc2n(CCCCCBr)c2ccccc12. The Balaban J connectivity index is 2.18. The lowest BCUT2D eigenvalue weighted by molar-refractivity contribution is 0.629. The van der Waals surface area contributed by atoms with Crippen LogP contribution in [0, 0.1) is 0 Å². The smallest absolute Gasteiger partial charge is 0.197 e. The second-order valence-electron chi connectivity index (χ2n) is 5.26. The molecule has 3 rings (SSSR count). The zero-order chi connectivity index (χ0) is 14.7. The van der Waals surface area contributed by atoms with Crippen LogP contribution in [0.1, 0.15) is 19.3 Å². The fraction of sp³-hybridized carbons (Fsp3) is 0.278. The zero-order valence-electron chi connectivity index (χ0n) is 11.9. The Labute approximate surface area is 132 Å². The van der Waals surface area contributed by atoms with E-state index in [1.807, 2.05) is 48.5 Å². The number of aryl methyl sites for hydroxylation is 1. The van der Waals surface area contributed by atoms with Crippen molar-refractivity contribution in [2.45, 2.75) is 25.8 Å². The third kappa shape index (κ3) is 2.75. The van der Waals surface area contributed by atoms with Gasteiger partial charge in [-0.1, -0.05) is 46.6 Å². The van der Waals surface area contributed by atoms with Crippen LogP contribution in [0.5, 0.6) is 0 Å². The largest absolute Gasteiger partial charge is 0.340 e. The first-order chi connectivity index (χ1) is 10.3. The molecule has 0 saturated heterocycles. The van der Waals surface area contributed by atoms with Gasteiger partial charge in [0.2, 0.25) is 0 Å². The minimum atomic E-state index is 0.137. The lowest BCUT2D eigenvalue weighted by Gasteiger charge is -2.15. The molecule has 3 aromatic rings. The Kier molecular flexibility index (Phi) is 4.39. The average Bonchev–Trinajstić information content (AvgIpc) is 2.54. The van der Waals surface area contributed by atoms with Crippen LogP contribution in [0.3, 0.4) is 0 Å². The molecule has 108 valence electrons. The third-order valence-electron chi connectivity index (χ3n) is 3.89. The Morgan fingerprint density at radius 3 is 1.95 bits per heavy atom. The van der Waals surface area contributed by atoms with Gasteiger partial charge in [-0.15, -0.1) is 0 Å². The van der Waals surface area contributed by atoms with E-state index in [4.69, 9.17) is 0 Å². The van der Waals surface area contributed by atoms with Crippen LogP contribution in [0.15, 0.2) is 53.3 Å². The van der Waals surface area contributed by atoms with Crippen molar-refractivity contribution >= 4 is 37.7 Å². The number of para-hydroxylation sites is 2. The lowest BCUT2D eigenvalue weighted by Crippen LogP contribution is -2.11. The first-order valence-corrected chi connectivity index (χ1v) is 8.51. The molecule has 21 heavy (non-hydrogen) atoms. The molecule has 0 unspecified atom stereocenters. The summed E-state index contributed by atoms with van der Waals surface area (Å²) in [4.78, 5) is 12.6. The quantitative estimate of drug-likeness (QED) is 0.373. The Bertz CT molecular complexity index is 762. The number of benzene rings is 2. The van der Waals surface area contributed by atoms with E-state index < -0.39 is 0 Å². The molecule has 1 aromatic heterocycles. The number of rotatable bonds is 5. The average molecular weight is 344 g/mol. The number of aromatic nitrogens is 1. The Morgan fingerprint density at radius 1 is 0.810 bits per heavy atom. The van der Waals surface area contributed by atoms with E-state index in [0.29, 0.717) is 0 Å². The van der Waals surface area contributed by atoms with E-state index in [1.54, 1.807) is 0 Å². The molecule has 3 heteroatoms. The van der Waals surface area contributed by atoms with E-state index in [2.05, 4.69) is 20.5 Å². The monoisotopic (exact) mass is 343 g/mol. The molecule has 0 bridgehead atoms. The standard InChI is InChI=1S/C18H18BrNO/c19-12-6-1-7-13-20-16-10-4-2-8-14(16)18(21)15-9-3-5-11-17(15)20/h2-5,8-11H,1,6-7,12-13H2. The second kappa shape index (κ2) is 6.44. The van der Waals surface area contributed by atoms with E-state index in [-0.39, 0.29) is 5.43 Å². The number of fused-ring (bicyclic) bond motifs is 2. The van der Waals surface area contributed by atoms with Gasteiger partial charge in [0, 0.05) is 22.6 Å². The second-order valence-corrected chi connectivity index (χ2v) is 6.06. The van der Waals surface area contributed by atoms with Crippen molar-refractivity contribution in [3.05, 3.63) is 58.8 Å². The summed E-state index contributed by atoms with van der Waals surface area (Å²) >= 11 is 3.48. The summed E-state index contributed by atoms with van der Waals surface area (Å²) in [6.07, 6.45) is 3.51. The van der Waals surface area contributed by atoms with Crippen LogP contribution >= 0.6 is 15.9 Å². The maximum absolute atomic E-state index is 12.6. The molecule has 0 fully saturated rings. The van der Waals surface area contributed by atoms with Crippen molar-refractivity contribution in [1.82, 2.24) is 4.57 Å². The van der Waals surface area contributed by atoms with E-state index >= 15 is 0 Å². The van der Waals surface area contributed by atoms with Crippen LogP contribution in [0.2, 0.25) is 0 Å². The van der Waals surface area contributed by atoms with Crippen molar-refractivity contribution in [3.63, 3.8) is 0 Å². The molecule has 0 radical (unpaired) electrons. The fourth-order valence-electron chi connectivity index (χ4n) is 2.86. The highest BCUT2D eigenvalue weighted by Gasteiger charge is 2.09. The van der Waals surface area contributed by atoms with Crippen molar-refractivity contribution in [2.24, 2.45) is 0 Å². The number of alkyl halides is 1. The first-order valence-electron chi connectivity index (χ1n) is 7.39. The molecule has 0 aliphatic rings. The predicted molar refractivity (Wildman–Crippen MR) is 93.4 cm³/mol. The summed E-state index contributed by atoms with van der Waals surface area (Å²) in [5.41, 5.74) is 2.22. The van der Waals surface area contributed by atoms with Gasteiger partial charge in [0.15, 0.2) is 5.43 Å². The van der Waals surface area contributed by atoms with Gasteiger partial charge in [-0.2, -0.15) is 0 Å². The summed E-state index contributed by atoms with van der Waals surface area (Å²) in [5.74, 6) is 0. The van der Waals surface area contributed by atoms with Crippen LogP contribution in [-0.4, -0.2) is 9.90 Å². The number of hydrogen-bond donors (Lipinski definition) is 0. The Morgan fingerprint density at radius 2 is 1.38 bits per heavy atom. The highest BCUT2D eigenvalue weighted by molar-refractivity contribution is 9.09. The number of nitrogens with zero attached hydrogens (tertiary/aromatic N) is 1. The zero-order valence-corrected chi connectivity index (χ0v) is 13.5. The summed E-state index contributed by atoms with van der Waals surface area (Å²) in [6, 6.07) is 15.8. The van der Waals surface area contributed by atoms with Crippen LogP contribution in [0.25, 0.3) is 21.8 Å². The van der Waals surface area contributed by atoms with Crippen LogP contribution < -0.4 is 5.43 Å². The minimum Gasteiger partial charge on any atom is -0.340 e. The maximum atomic E-state index is 12.6. The summed E-state index contributed by atoms with van der Waals surface area (Å²) < 4.78 is 2.29. The van der Waals surface area contributed by atoms with E-state index in [0.717, 1.165) is 40.1 Å². The van der Waals surface area contributed by atoms with E-state index in [1.165, 1.54) is 12.8 Å². The predicted octanol–water partition coefficient (Wildman–Crippen LogP) is 4.72. The van der Waals surface area contributed by atoms with Gasteiger partial charge < -0.3 is 4.57 Å². The molecule has 0 aliphatic carbocycles. The minimum absolute atomic E-state index is 0.137. The van der Waals surface area contributed by atoms with Gasteiger partial charge >= 0.3 is 0 Å². The number of hydrogen-bond acceptors (Lipinski definition) is 1. The molecule has 0 spiro atoms. The first kappa shape index (κ1) is 14.3. The number of halogens is 1. The van der Waals surface area contributed by atoms with Gasteiger partial charge in [0.25, 0.3) is 0 Å². The molecule has 0 atom stereocenters. The molecule has 0 aliphatic heterocycles. The number of unbranched alkanes of at least 4 members (excludes halogenated alkanes) is 2. The molecular weight excluding hydrogens is 326 g/mol. The molecule has 0 saturated carbocycles. The summed E-state index contributed by atoms with van der Waals surface area (Å²) in [6.45, 7) is 0.953. The van der Waals surface area contributed by atoms with E-state index in [9.17, 15) is 4.79 Å². The molecule has 2 aromatic carbocycles. The third-order valence-corrected chi connectivity index (χ3v) is 4.46. The van der Waals surface area contributed by atoms with Crippen molar-refractivity contribution in [2.75, 3.05) is 5.33 Å². The van der Waals surface area contributed by atoms with Crippen LogP contribution in [0.4, 0.5) is 0 Å². The topological polar surface area (TPSA) is 22.0 Å².